The Morgan fingerprint density at radius 3 is 2.46 bits per heavy atom. The summed E-state index contributed by atoms with van der Waals surface area (Å²) in [6.45, 7) is 6.01. The summed E-state index contributed by atoms with van der Waals surface area (Å²) in [6, 6.07) is 12.4. The highest BCUT2D eigenvalue weighted by Gasteiger charge is 2.44. The Balaban J connectivity index is 1.48. The summed E-state index contributed by atoms with van der Waals surface area (Å²) in [5.74, 6) is 1.21. The second-order valence-electron chi connectivity index (χ2n) is 8.68. The first-order valence-corrected chi connectivity index (χ1v) is 10.5. The quantitative estimate of drug-likeness (QED) is 0.725. The predicted molar refractivity (Wildman–Crippen MR) is 111 cm³/mol. The molecule has 1 aromatic carbocycles. The minimum Gasteiger partial charge on any atom is -0.453 e. The molecule has 1 saturated heterocycles. The number of aromatic nitrogens is 1. The van der Waals surface area contributed by atoms with Crippen LogP contribution in [0.2, 0.25) is 0 Å². The zero-order valence-electron chi connectivity index (χ0n) is 17.1. The van der Waals surface area contributed by atoms with E-state index in [9.17, 15) is 4.79 Å². The Labute approximate surface area is 167 Å². The molecule has 148 valence electrons. The highest BCUT2D eigenvalue weighted by molar-refractivity contribution is 5.82. The molecule has 4 nitrogen and oxygen atoms in total. The number of ether oxygens (including phenoxy) is 1. The number of hydrogen-bond donors (Lipinski definition) is 1. The standard InChI is InChI=1S/C24H30N2O2/c1-16-13-17(2)25-22(14-16)26-21-15-24(3,28-23(21)27)20-11-9-19(10-12-20)18-7-5-4-6-8-18/h9-14,18,21H,4-8,15H2,1-3H3,(H,25,26). The molecule has 1 aromatic heterocycles. The number of aryl methyl sites for hydroxylation is 2. The molecule has 2 unspecified atom stereocenters. The number of cyclic esters (lactones) is 1. The van der Waals surface area contributed by atoms with Crippen LogP contribution in [-0.4, -0.2) is 17.0 Å². The van der Waals surface area contributed by atoms with Gasteiger partial charge in [0.2, 0.25) is 0 Å². The van der Waals surface area contributed by atoms with Crippen molar-refractivity contribution in [1.82, 2.24) is 4.98 Å². The molecule has 2 aliphatic rings. The molecule has 28 heavy (non-hydrogen) atoms. The number of hydrogen-bond acceptors (Lipinski definition) is 4. The van der Waals surface area contributed by atoms with Gasteiger partial charge in [-0.3, -0.25) is 0 Å². The molecule has 0 amide bonds. The second-order valence-corrected chi connectivity index (χ2v) is 8.68. The van der Waals surface area contributed by atoms with Crippen molar-refractivity contribution in [3.8, 4) is 0 Å². The molecular weight excluding hydrogens is 348 g/mol. The van der Waals surface area contributed by atoms with Gasteiger partial charge in [0.25, 0.3) is 0 Å². The number of nitrogens with one attached hydrogen (secondary N) is 1. The second kappa shape index (κ2) is 7.57. The van der Waals surface area contributed by atoms with E-state index in [1.165, 1.54) is 37.7 Å². The van der Waals surface area contributed by atoms with Crippen molar-refractivity contribution >= 4 is 11.8 Å². The number of esters is 1. The van der Waals surface area contributed by atoms with Crippen LogP contribution in [0.5, 0.6) is 0 Å². The number of pyridine rings is 1. The molecule has 4 heteroatoms. The van der Waals surface area contributed by atoms with Gasteiger partial charge in [0, 0.05) is 12.1 Å². The average molecular weight is 379 g/mol. The third kappa shape index (κ3) is 3.91. The lowest BCUT2D eigenvalue weighted by molar-refractivity contribution is -0.148. The van der Waals surface area contributed by atoms with Gasteiger partial charge in [-0.1, -0.05) is 43.5 Å². The van der Waals surface area contributed by atoms with E-state index in [0.29, 0.717) is 12.3 Å². The first-order chi connectivity index (χ1) is 13.4. The minimum atomic E-state index is -0.598. The molecular formula is C24H30N2O2. The third-order valence-corrected chi connectivity index (χ3v) is 6.22. The average Bonchev–Trinajstić information content (AvgIpc) is 2.96. The van der Waals surface area contributed by atoms with E-state index in [2.05, 4.69) is 34.6 Å². The van der Waals surface area contributed by atoms with E-state index in [1.807, 2.05) is 32.9 Å². The lowest BCUT2D eigenvalue weighted by Gasteiger charge is -2.25. The van der Waals surface area contributed by atoms with E-state index in [0.717, 1.165) is 22.6 Å². The molecule has 0 bridgehead atoms. The maximum atomic E-state index is 12.5. The van der Waals surface area contributed by atoms with Crippen molar-refractivity contribution in [2.24, 2.45) is 0 Å². The number of benzene rings is 1. The molecule has 2 atom stereocenters. The first-order valence-electron chi connectivity index (χ1n) is 10.5. The summed E-state index contributed by atoms with van der Waals surface area (Å²) in [4.78, 5) is 17.0. The Hall–Kier alpha value is -2.36. The molecule has 1 aliphatic carbocycles. The number of rotatable bonds is 4. The largest absolute Gasteiger partial charge is 0.453 e. The molecule has 2 heterocycles. The molecule has 2 aromatic rings. The molecule has 0 radical (unpaired) electrons. The van der Waals surface area contributed by atoms with E-state index in [-0.39, 0.29) is 12.0 Å². The van der Waals surface area contributed by atoms with E-state index in [1.54, 1.807) is 0 Å². The summed E-state index contributed by atoms with van der Waals surface area (Å²) < 4.78 is 5.84. The fraction of sp³-hybridized carbons (Fsp3) is 0.500. The van der Waals surface area contributed by atoms with E-state index in [4.69, 9.17) is 4.74 Å². The van der Waals surface area contributed by atoms with Crippen molar-refractivity contribution in [2.45, 2.75) is 76.9 Å². The van der Waals surface area contributed by atoms with Gasteiger partial charge in [-0.25, -0.2) is 9.78 Å². The van der Waals surface area contributed by atoms with Crippen molar-refractivity contribution in [2.75, 3.05) is 5.32 Å². The smallest absolute Gasteiger partial charge is 0.329 e. The van der Waals surface area contributed by atoms with Crippen LogP contribution in [0.4, 0.5) is 5.82 Å². The summed E-state index contributed by atoms with van der Waals surface area (Å²) in [7, 11) is 0. The van der Waals surface area contributed by atoms with Crippen LogP contribution < -0.4 is 5.32 Å². The molecule has 1 aliphatic heterocycles. The number of carbonyl (C=O) groups is 1. The Morgan fingerprint density at radius 1 is 1.07 bits per heavy atom. The van der Waals surface area contributed by atoms with Crippen molar-refractivity contribution in [3.63, 3.8) is 0 Å². The van der Waals surface area contributed by atoms with Crippen molar-refractivity contribution in [3.05, 3.63) is 58.8 Å². The van der Waals surface area contributed by atoms with Crippen LogP contribution in [0.15, 0.2) is 36.4 Å². The molecule has 0 spiro atoms. The summed E-state index contributed by atoms with van der Waals surface area (Å²) >= 11 is 0. The SMILES string of the molecule is Cc1cc(C)nc(NC2CC(C)(c3ccc(C4CCCCC4)cc3)OC2=O)c1. The highest BCUT2D eigenvalue weighted by atomic mass is 16.6. The number of anilines is 1. The first kappa shape index (κ1) is 19.0. The van der Waals surface area contributed by atoms with Gasteiger partial charge in [0.1, 0.15) is 17.5 Å². The summed E-state index contributed by atoms with van der Waals surface area (Å²) in [5.41, 5.74) is 3.96. The van der Waals surface area contributed by atoms with Gasteiger partial charge in [-0.2, -0.15) is 0 Å². The Bertz CT molecular complexity index is 835. The highest BCUT2D eigenvalue weighted by Crippen LogP contribution is 2.39. The van der Waals surface area contributed by atoms with Crippen LogP contribution >= 0.6 is 0 Å². The van der Waals surface area contributed by atoms with Gasteiger partial charge in [0.05, 0.1) is 0 Å². The zero-order valence-corrected chi connectivity index (χ0v) is 17.1. The van der Waals surface area contributed by atoms with Crippen LogP contribution in [0.25, 0.3) is 0 Å². The molecule has 2 fully saturated rings. The summed E-state index contributed by atoms with van der Waals surface area (Å²) in [5, 5.41) is 3.27. The lowest BCUT2D eigenvalue weighted by atomic mass is 9.82. The molecule has 4 rings (SSSR count). The minimum absolute atomic E-state index is 0.209. The topological polar surface area (TPSA) is 51.2 Å². The van der Waals surface area contributed by atoms with Crippen molar-refractivity contribution in [1.29, 1.82) is 0 Å². The third-order valence-electron chi connectivity index (χ3n) is 6.22. The van der Waals surface area contributed by atoms with Crippen LogP contribution in [0.3, 0.4) is 0 Å². The fourth-order valence-electron chi connectivity index (χ4n) is 4.73. The maximum absolute atomic E-state index is 12.5. The number of nitrogens with zero attached hydrogens (tertiary/aromatic N) is 1. The number of carbonyl (C=O) groups excluding carboxylic acids is 1. The van der Waals surface area contributed by atoms with Gasteiger partial charge < -0.3 is 10.1 Å². The monoisotopic (exact) mass is 378 g/mol. The molecule has 1 N–H and O–H groups in total. The Morgan fingerprint density at radius 2 is 1.79 bits per heavy atom. The predicted octanol–water partition coefficient (Wildman–Crippen LogP) is 5.39. The van der Waals surface area contributed by atoms with Gasteiger partial charge in [0.15, 0.2) is 0 Å². The molecule has 1 saturated carbocycles. The lowest BCUT2D eigenvalue weighted by Crippen LogP contribution is -2.25. The summed E-state index contributed by atoms with van der Waals surface area (Å²) in [6.07, 6.45) is 7.22. The van der Waals surface area contributed by atoms with Gasteiger partial charge in [-0.05, 0) is 68.4 Å². The van der Waals surface area contributed by atoms with E-state index >= 15 is 0 Å². The van der Waals surface area contributed by atoms with Crippen LogP contribution in [-0.2, 0) is 15.1 Å². The van der Waals surface area contributed by atoms with Crippen LogP contribution in [0.1, 0.15) is 73.8 Å². The van der Waals surface area contributed by atoms with E-state index < -0.39 is 5.60 Å². The van der Waals surface area contributed by atoms with Crippen LogP contribution in [0, 0.1) is 13.8 Å². The van der Waals surface area contributed by atoms with Gasteiger partial charge in [-0.15, -0.1) is 0 Å². The van der Waals surface area contributed by atoms with Gasteiger partial charge >= 0.3 is 5.97 Å². The van der Waals surface area contributed by atoms with Crippen molar-refractivity contribution < 1.29 is 9.53 Å². The maximum Gasteiger partial charge on any atom is 0.329 e. The normalized spacial score (nSPS) is 25.5. The fourth-order valence-corrected chi connectivity index (χ4v) is 4.73. The zero-order chi connectivity index (χ0) is 19.7. The Kier molecular flexibility index (Phi) is 5.13.